The number of rotatable bonds is 5. The molecule has 1 unspecified atom stereocenters. The molecule has 2 amide bonds. The van der Waals surface area contributed by atoms with E-state index in [1.165, 1.54) is 12.1 Å². The third-order valence-corrected chi connectivity index (χ3v) is 5.63. The molecule has 1 aliphatic heterocycles. The Kier molecular flexibility index (Phi) is 5.36. The number of nitro benzene ring substituents is 1. The highest BCUT2D eigenvalue weighted by atomic mass is 35.5. The van der Waals surface area contributed by atoms with Gasteiger partial charge < -0.3 is 9.88 Å². The van der Waals surface area contributed by atoms with Crippen molar-refractivity contribution in [1.29, 1.82) is 0 Å². The summed E-state index contributed by atoms with van der Waals surface area (Å²) >= 11 is 6.08. The van der Waals surface area contributed by atoms with Crippen LogP contribution in [-0.2, 0) is 11.3 Å². The molecule has 1 N–H and O–H groups in total. The summed E-state index contributed by atoms with van der Waals surface area (Å²) in [4.78, 5) is 42.6. The Hall–Kier alpha value is -3.46. The molecule has 31 heavy (non-hydrogen) atoms. The number of aromatic nitrogens is 2. The van der Waals surface area contributed by atoms with Gasteiger partial charge in [-0.05, 0) is 24.1 Å². The van der Waals surface area contributed by atoms with E-state index in [0.717, 1.165) is 17.1 Å². The smallest absolute Gasteiger partial charge is 0.270 e. The van der Waals surface area contributed by atoms with Crippen molar-refractivity contribution in [2.24, 2.45) is 5.92 Å². The molecule has 0 bridgehead atoms. The van der Waals surface area contributed by atoms with Crippen LogP contribution in [0.2, 0.25) is 5.02 Å². The molecule has 0 fully saturated rings. The predicted molar refractivity (Wildman–Crippen MR) is 116 cm³/mol. The first kappa shape index (κ1) is 20.8. The van der Waals surface area contributed by atoms with Gasteiger partial charge >= 0.3 is 0 Å². The second kappa shape index (κ2) is 7.99. The zero-order chi connectivity index (χ0) is 22.3. The number of anilines is 1. The van der Waals surface area contributed by atoms with Crippen molar-refractivity contribution >= 4 is 46.1 Å². The number of para-hydroxylation sites is 2. The monoisotopic (exact) mass is 441 g/mol. The van der Waals surface area contributed by atoms with Crippen LogP contribution in [0.5, 0.6) is 0 Å². The number of hydrogen-bond acceptors (Lipinski definition) is 5. The molecule has 160 valence electrons. The lowest BCUT2D eigenvalue weighted by Crippen LogP contribution is -2.51. The SMILES string of the molecule is CC(C)C(NC(=O)c1ccc([N+](=O)[O-])cc1Cl)C(=O)N1CCn2c1nc1ccccc12. The summed E-state index contributed by atoms with van der Waals surface area (Å²) in [5.74, 6) is -0.485. The van der Waals surface area contributed by atoms with E-state index in [-0.39, 0.29) is 28.1 Å². The van der Waals surface area contributed by atoms with Crippen LogP contribution in [0.15, 0.2) is 42.5 Å². The van der Waals surface area contributed by atoms with Crippen LogP contribution in [0, 0.1) is 16.0 Å². The van der Waals surface area contributed by atoms with Gasteiger partial charge in [-0.3, -0.25) is 24.6 Å². The van der Waals surface area contributed by atoms with Crippen LogP contribution >= 0.6 is 11.6 Å². The molecule has 2 heterocycles. The average molecular weight is 442 g/mol. The van der Waals surface area contributed by atoms with Crippen molar-refractivity contribution in [2.75, 3.05) is 11.4 Å². The second-order valence-corrected chi connectivity index (χ2v) is 8.07. The number of nitrogens with zero attached hydrogens (tertiary/aromatic N) is 4. The number of non-ortho nitro benzene ring substituents is 1. The lowest BCUT2D eigenvalue weighted by Gasteiger charge is -2.26. The van der Waals surface area contributed by atoms with Gasteiger partial charge in [0.2, 0.25) is 5.95 Å². The summed E-state index contributed by atoms with van der Waals surface area (Å²) < 4.78 is 1.99. The molecule has 2 aromatic carbocycles. The van der Waals surface area contributed by atoms with Crippen molar-refractivity contribution in [2.45, 2.75) is 26.4 Å². The van der Waals surface area contributed by atoms with Crippen molar-refractivity contribution < 1.29 is 14.5 Å². The highest BCUT2D eigenvalue weighted by molar-refractivity contribution is 6.34. The number of nitro groups is 1. The Bertz CT molecular complexity index is 1210. The van der Waals surface area contributed by atoms with Crippen LogP contribution in [0.25, 0.3) is 11.0 Å². The number of amides is 2. The quantitative estimate of drug-likeness (QED) is 0.482. The first-order valence-corrected chi connectivity index (χ1v) is 10.2. The molecule has 0 aliphatic carbocycles. The molecule has 0 radical (unpaired) electrons. The summed E-state index contributed by atoms with van der Waals surface area (Å²) in [5.41, 5.74) is 1.61. The lowest BCUT2D eigenvalue weighted by molar-refractivity contribution is -0.384. The van der Waals surface area contributed by atoms with Crippen molar-refractivity contribution in [3.8, 4) is 0 Å². The molecule has 1 aliphatic rings. The topological polar surface area (TPSA) is 110 Å². The predicted octanol–water partition coefficient (Wildman–Crippen LogP) is 3.40. The number of nitrogens with one attached hydrogen (secondary N) is 1. The Morgan fingerprint density at radius 2 is 1.94 bits per heavy atom. The standard InChI is InChI=1S/C21H20ClN5O4/c1-12(2)18(24-19(28)14-8-7-13(27(30)31)11-15(14)22)20(29)26-10-9-25-17-6-4-3-5-16(17)23-21(25)26/h3-8,11-12,18H,9-10H2,1-2H3,(H,24,28). The fourth-order valence-electron chi connectivity index (χ4n) is 3.70. The summed E-state index contributed by atoms with van der Waals surface area (Å²) in [5, 5.41) is 13.6. The van der Waals surface area contributed by atoms with E-state index in [9.17, 15) is 19.7 Å². The first-order valence-electron chi connectivity index (χ1n) is 9.79. The van der Waals surface area contributed by atoms with E-state index in [1.807, 2.05) is 42.7 Å². The molecular formula is C21H20ClN5O4. The zero-order valence-electron chi connectivity index (χ0n) is 16.9. The van der Waals surface area contributed by atoms with Crippen LogP contribution < -0.4 is 10.2 Å². The highest BCUT2D eigenvalue weighted by Gasteiger charge is 2.35. The van der Waals surface area contributed by atoms with E-state index < -0.39 is 16.9 Å². The second-order valence-electron chi connectivity index (χ2n) is 7.66. The van der Waals surface area contributed by atoms with Crippen LogP contribution in [0.4, 0.5) is 11.6 Å². The summed E-state index contributed by atoms with van der Waals surface area (Å²) in [7, 11) is 0. The van der Waals surface area contributed by atoms with E-state index >= 15 is 0 Å². The average Bonchev–Trinajstić information content (AvgIpc) is 3.30. The van der Waals surface area contributed by atoms with Crippen LogP contribution in [0.1, 0.15) is 24.2 Å². The number of carbonyl (C=O) groups excluding carboxylic acids is 2. The van der Waals surface area contributed by atoms with E-state index in [1.54, 1.807) is 4.90 Å². The number of fused-ring (bicyclic) bond motifs is 3. The number of carbonyl (C=O) groups is 2. The third kappa shape index (κ3) is 3.72. The minimum atomic E-state index is -0.815. The summed E-state index contributed by atoms with van der Waals surface area (Å²) in [6, 6.07) is 10.5. The summed E-state index contributed by atoms with van der Waals surface area (Å²) in [6.45, 7) is 4.75. The Balaban J connectivity index is 1.58. The maximum absolute atomic E-state index is 13.4. The molecule has 4 rings (SSSR count). The van der Waals surface area contributed by atoms with Gasteiger partial charge in [0.25, 0.3) is 17.5 Å². The van der Waals surface area contributed by atoms with Gasteiger partial charge in [-0.25, -0.2) is 4.98 Å². The van der Waals surface area contributed by atoms with Gasteiger partial charge in [-0.1, -0.05) is 37.6 Å². The van der Waals surface area contributed by atoms with Crippen LogP contribution in [0.3, 0.4) is 0 Å². The minimum Gasteiger partial charge on any atom is -0.340 e. The van der Waals surface area contributed by atoms with E-state index in [2.05, 4.69) is 10.3 Å². The van der Waals surface area contributed by atoms with E-state index in [4.69, 9.17) is 11.6 Å². The highest BCUT2D eigenvalue weighted by Crippen LogP contribution is 2.28. The Labute approximate surface area is 182 Å². The number of halogens is 1. The molecule has 0 saturated heterocycles. The molecule has 9 nitrogen and oxygen atoms in total. The molecular weight excluding hydrogens is 422 g/mol. The maximum atomic E-state index is 13.4. The van der Waals surface area contributed by atoms with Crippen LogP contribution in [-0.4, -0.2) is 38.9 Å². The number of benzene rings is 2. The normalized spacial score (nSPS) is 14.0. The molecule has 1 aromatic heterocycles. The van der Waals surface area contributed by atoms with Crippen molar-refractivity contribution in [3.05, 3.63) is 63.2 Å². The van der Waals surface area contributed by atoms with Gasteiger partial charge in [-0.15, -0.1) is 0 Å². The Morgan fingerprint density at radius 3 is 2.61 bits per heavy atom. The van der Waals surface area contributed by atoms with E-state index in [0.29, 0.717) is 19.0 Å². The number of imidazole rings is 1. The van der Waals surface area contributed by atoms with Gasteiger partial charge in [0, 0.05) is 25.2 Å². The zero-order valence-corrected chi connectivity index (χ0v) is 17.7. The Morgan fingerprint density at radius 1 is 1.19 bits per heavy atom. The van der Waals surface area contributed by atoms with Gasteiger partial charge in [-0.2, -0.15) is 0 Å². The molecule has 0 saturated carbocycles. The van der Waals surface area contributed by atoms with Gasteiger partial charge in [0.15, 0.2) is 0 Å². The van der Waals surface area contributed by atoms with Crippen molar-refractivity contribution in [1.82, 2.24) is 14.9 Å². The maximum Gasteiger partial charge on any atom is 0.270 e. The van der Waals surface area contributed by atoms with Crippen molar-refractivity contribution in [3.63, 3.8) is 0 Å². The minimum absolute atomic E-state index is 0.0513. The third-order valence-electron chi connectivity index (χ3n) is 5.32. The number of hydrogen-bond donors (Lipinski definition) is 1. The molecule has 10 heteroatoms. The fourth-order valence-corrected chi connectivity index (χ4v) is 3.96. The van der Waals surface area contributed by atoms with Gasteiger partial charge in [0.05, 0.1) is 26.5 Å². The molecule has 1 atom stereocenters. The largest absolute Gasteiger partial charge is 0.340 e. The molecule has 0 spiro atoms. The lowest BCUT2D eigenvalue weighted by atomic mass is 10.0. The molecule has 3 aromatic rings. The van der Waals surface area contributed by atoms with Gasteiger partial charge in [0.1, 0.15) is 6.04 Å². The first-order chi connectivity index (χ1) is 14.8. The summed E-state index contributed by atoms with van der Waals surface area (Å²) in [6.07, 6.45) is 0. The fraction of sp³-hybridized carbons (Fsp3) is 0.286.